The third kappa shape index (κ3) is 5.51. The monoisotopic (exact) mass is 377 g/mol. The molecule has 0 aliphatic heterocycles. The standard InChI is InChI=1S/C20H21F2NO4/c1-11-8-12(2)17(13(3)9-11)23-18(24)14(4)26-19(25)15-6-5-7-16(10-15)27-20(21)22/h5-10,14,20H,1-4H3,(H,23,24). The molecule has 27 heavy (non-hydrogen) atoms. The second-order valence-electron chi connectivity index (χ2n) is 6.22. The summed E-state index contributed by atoms with van der Waals surface area (Å²) in [6.45, 7) is 4.15. The van der Waals surface area contributed by atoms with Crippen molar-refractivity contribution in [1.29, 1.82) is 0 Å². The molecule has 144 valence electrons. The number of esters is 1. The lowest BCUT2D eigenvalue weighted by Crippen LogP contribution is -2.30. The number of hydrogen-bond donors (Lipinski definition) is 1. The van der Waals surface area contributed by atoms with Gasteiger partial charge in [0.1, 0.15) is 5.75 Å². The minimum Gasteiger partial charge on any atom is -0.449 e. The number of ether oxygens (including phenoxy) is 2. The van der Waals surface area contributed by atoms with Gasteiger partial charge in [-0.1, -0.05) is 23.8 Å². The van der Waals surface area contributed by atoms with Gasteiger partial charge >= 0.3 is 12.6 Å². The minimum absolute atomic E-state index is 0.00972. The molecule has 7 heteroatoms. The summed E-state index contributed by atoms with van der Waals surface area (Å²) in [5.41, 5.74) is 3.55. The van der Waals surface area contributed by atoms with Crippen LogP contribution >= 0.6 is 0 Å². The Morgan fingerprint density at radius 3 is 2.26 bits per heavy atom. The summed E-state index contributed by atoms with van der Waals surface area (Å²) in [6.07, 6.45) is -1.07. The molecule has 1 amide bonds. The Morgan fingerprint density at radius 1 is 1.04 bits per heavy atom. The zero-order chi connectivity index (χ0) is 20.1. The minimum atomic E-state index is -3.00. The first-order valence-electron chi connectivity index (χ1n) is 8.32. The second-order valence-corrected chi connectivity index (χ2v) is 6.22. The lowest BCUT2D eigenvalue weighted by Gasteiger charge is -2.17. The summed E-state index contributed by atoms with van der Waals surface area (Å²) in [5.74, 6) is -1.46. The van der Waals surface area contributed by atoms with E-state index in [9.17, 15) is 18.4 Å². The van der Waals surface area contributed by atoms with Crippen molar-refractivity contribution in [3.63, 3.8) is 0 Å². The van der Waals surface area contributed by atoms with Gasteiger partial charge in [0, 0.05) is 5.69 Å². The Morgan fingerprint density at radius 2 is 1.67 bits per heavy atom. The van der Waals surface area contributed by atoms with Gasteiger partial charge in [0.25, 0.3) is 5.91 Å². The van der Waals surface area contributed by atoms with Gasteiger partial charge in [0.05, 0.1) is 5.56 Å². The molecule has 2 rings (SSSR count). The fourth-order valence-corrected chi connectivity index (χ4v) is 2.68. The maximum absolute atomic E-state index is 12.4. The van der Waals surface area contributed by atoms with Crippen LogP contribution in [0, 0.1) is 20.8 Å². The fourth-order valence-electron chi connectivity index (χ4n) is 2.68. The first kappa shape index (κ1) is 20.4. The van der Waals surface area contributed by atoms with Gasteiger partial charge in [0.2, 0.25) is 0 Å². The van der Waals surface area contributed by atoms with Gasteiger partial charge in [-0.15, -0.1) is 0 Å². The smallest absolute Gasteiger partial charge is 0.387 e. The molecule has 2 aromatic carbocycles. The number of benzene rings is 2. The van der Waals surface area contributed by atoms with Crippen LogP contribution in [-0.2, 0) is 9.53 Å². The van der Waals surface area contributed by atoms with Gasteiger partial charge in [-0.3, -0.25) is 4.79 Å². The van der Waals surface area contributed by atoms with E-state index in [0.717, 1.165) is 22.8 Å². The quantitative estimate of drug-likeness (QED) is 0.758. The molecule has 0 aliphatic rings. The molecule has 2 aromatic rings. The Bertz CT molecular complexity index is 829. The predicted molar refractivity (Wildman–Crippen MR) is 97.2 cm³/mol. The lowest BCUT2D eigenvalue weighted by molar-refractivity contribution is -0.123. The summed E-state index contributed by atoms with van der Waals surface area (Å²) >= 11 is 0. The summed E-state index contributed by atoms with van der Waals surface area (Å²) in [4.78, 5) is 24.6. The summed E-state index contributed by atoms with van der Waals surface area (Å²) in [7, 11) is 0. The van der Waals surface area contributed by atoms with Crippen molar-refractivity contribution in [3.8, 4) is 5.75 Å². The number of nitrogens with one attached hydrogen (secondary N) is 1. The van der Waals surface area contributed by atoms with E-state index in [4.69, 9.17) is 4.74 Å². The van der Waals surface area contributed by atoms with E-state index in [0.29, 0.717) is 5.69 Å². The highest BCUT2D eigenvalue weighted by Gasteiger charge is 2.21. The molecular formula is C20H21F2NO4. The molecule has 0 saturated heterocycles. The Balaban J connectivity index is 2.05. The number of halogens is 2. The van der Waals surface area contributed by atoms with Crippen molar-refractivity contribution in [2.45, 2.75) is 40.4 Å². The van der Waals surface area contributed by atoms with E-state index in [1.54, 1.807) is 0 Å². The van der Waals surface area contributed by atoms with Gasteiger partial charge in [-0.2, -0.15) is 8.78 Å². The van der Waals surface area contributed by atoms with E-state index in [1.807, 2.05) is 32.9 Å². The molecule has 0 saturated carbocycles. The molecule has 0 aliphatic carbocycles. The number of carbonyl (C=O) groups is 2. The first-order valence-corrected chi connectivity index (χ1v) is 8.32. The zero-order valence-electron chi connectivity index (χ0n) is 15.5. The third-order valence-electron chi connectivity index (χ3n) is 3.87. The van der Waals surface area contributed by atoms with Gasteiger partial charge < -0.3 is 14.8 Å². The highest BCUT2D eigenvalue weighted by molar-refractivity contribution is 5.98. The number of rotatable bonds is 6. The number of aryl methyl sites for hydroxylation is 3. The molecule has 5 nitrogen and oxygen atoms in total. The van der Waals surface area contributed by atoms with Crippen molar-refractivity contribution in [2.24, 2.45) is 0 Å². The van der Waals surface area contributed by atoms with E-state index >= 15 is 0 Å². The molecule has 0 radical (unpaired) electrons. The lowest BCUT2D eigenvalue weighted by atomic mass is 10.0. The van der Waals surface area contributed by atoms with Gasteiger partial charge in [-0.05, 0) is 57.0 Å². The SMILES string of the molecule is Cc1cc(C)c(NC(=O)C(C)OC(=O)c2cccc(OC(F)F)c2)c(C)c1. The largest absolute Gasteiger partial charge is 0.449 e. The predicted octanol–water partition coefficient (Wildman–Crippen LogP) is 4.40. The molecule has 0 fully saturated rings. The molecule has 1 unspecified atom stereocenters. The van der Waals surface area contributed by atoms with Crippen LogP contribution in [-0.4, -0.2) is 24.6 Å². The van der Waals surface area contributed by atoms with E-state index in [-0.39, 0.29) is 11.3 Å². The number of anilines is 1. The van der Waals surface area contributed by atoms with Crippen molar-refractivity contribution in [1.82, 2.24) is 0 Å². The van der Waals surface area contributed by atoms with Crippen LogP contribution < -0.4 is 10.1 Å². The number of carbonyl (C=O) groups excluding carboxylic acids is 2. The third-order valence-corrected chi connectivity index (χ3v) is 3.87. The first-order chi connectivity index (χ1) is 12.7. The average molecular weight is 377 g/mol. The van der Waals surface area contributed by atoms with Crippen LogP contribution in [0.3, 0.4) is 0 Å². The Kier molecular flexibility index (Phi) is 6.50. The Hall–Kier alpha value is -2.96. The maximum Gasteiger partial charge on any atom is 0.387 e. The van der Waals surface area contributed by atoms with E-state index < -0.39 is 24.6 Å². The fraction of sp³-hybridized carbons (Fsp3) is 0.300. The van der Waals surface area contributed by atoms with Gasteiger partial charge in [-0.25, -0.2) is 4.79 Å². The van der Waals surface area contributed by atoms with Crippen LogP contribution in [0.25, 0.3) is 0 Å². The van der Waals surface area contributed by atoms with E-state index in [1.165, 1.54) is 25.1 Å². The molecule has 1 atom stereocenters. The topological polar surface area (TPSA) is 64.6 Å². The molecule has 1 N–H and O–H groups in total. The molecule has 0 spiro atoms. The summed E-state index contributed by atoms with van der Waals surface area (Å²) in [6, 6.07) is 9.08. The summed E-state index contributed by atoms with van der Waals surface area (Å²) < 4.78 is 33.9. The van der Waals surface area contributed by atoms with E-state index in [2.05, 4.69) is 10.1 Å². The Labute approximate surface area is 156 Å². The van der Waals surface area contributed by atoms with Crippen molar-refractivity contribution in [2.75, 3.05) is 5.32 Å². The maximum atomic E-state index is 12.4. The van der Waals surface area contributed by atoms with Crippen LogP contribution in [0.15, 0.2) is 36.4 Å². The van der Waals surface area contributed by atoms with Crippen LogP contribution in [0.1, 0.15) is 34.0 Å². The molecule has 0 aromatic heterocycles. The van der Waals surface area contributed by atoms with Crippen LogP contribution in [0.4, 0.5) is 14.5 Å². The molecular weight excluding hydrogens is 356 g/mol. The molecule has 0 heterocycles. The van der Waals surface area contributed by atoms with Crippen LogP contribution in [0.5, 0.6) is 5.75 Å². The summed E-state index contributed by atoms with van der Waals surface area (Å²) in [5, 5.41) is 2.76. The normalized spacial score (nSPS) is 11.8. The number of amides is 1. The average Bonchev–Trinajstić information content (AvgIpc) is 2.57. The van der Waals surface area contributed by atoms with Crippen molar-refractivity contribution < 1.29 is 27.8 Å². The highest BCUT2D eigenvalue weighted by Crippen LogP contribution is 2.22. The van der Waals surface area contributed by atoms with Gasteiger partial charge in [0.15, 0.2) is 6.10 Å². The second kappa shape index (κ2) is 8.62. The van der Waals surface area contributed by atoms with Crippen molar-refractivity contribution in [3.05, 3.63) is 58.7 Å². The molecule has 0 bridgehead atoms. The number of alkyl halides is 2. The zero-order valence-corrected chi connectivity index (χ0v) is 15.5. The number of hydrogen-bond acceptors (Lipinski definition) is 4. The van der Waals surface area contributed by atoms with Crippen molar-refractivity contribution >= 4 is 17.6 Å². The van der Waals surface area contributed by atoms with Crippen LogP contribution in [0.2, 0.25) is 0 Å². The highest BCUT2D eigenvalue weighted by atomic mass is 19.3.